The first-order valence-corrected chi connectivity index (χ1v) is 6.66. The van der Waals surface area contributed by atoms with Crippen molar-refractivity contribution in [3.8, 4) is 5.75 Å². The second-order valence-electron chi connectivity index (χ2n) is 4.92. The summed E-state index contributed by atoms with van der Waals surface area (Å²) < 4.78 is 10.5. The van der Waals surface area contributed by atoms with Crippen LogP contribution in [0.3, 0.4) is 0 Å². The van der Waals surface area contributed by atoms with Gasteiger partial charge in [0, 0.05) is 12.8 Å². The van der Waals surface area contributed by atoms with Crippen molar-refractivity contribution >= 4 is 11.9 Å². The van der Waals surface area contributed by atoms with Gasteiger partial charge in [0.1, 0.15) is 11.9 Å². The Labute approximate surface area is 117 Å². The van der Waals surface area contributed by atoms with Crippen LogP contribution in [-0.2, 0) is 14.3 Å². The van der Waals surface area contributed by atoms with E-state index in [1.807, 2.05) is 24.3 Å². The average Bonchev–Trinajstić information content (AvgIpc) is 2.80. The van der Waals surface area contributed by atoms with Gasteiger partial charge in [0.2, 0.25) is 0 Å². The standard InChI is InChI=1S/C15H18O5/c1-19-12-7-5-10(6-8-12)13-9-11(15(18)20-13)3-2-4-14(16)17/h5-8,11,13H,2-4,9H2,1H3,(H,16,17)/t11-,13+/m0/s1. The number of benzene rings is 1. The van der Waals surface area contributed by atoms with Crippen LogP contribution in [0.4, 0.5) is 0 Å². The van der Waals surface area contributed by atoms with E-state index in [0.717, 1.165) is 11.3 Å². The van der Waals surface area contributed by atoms with Gasteiger partial charge in [0.05, 0.1) is 13.0 Å². The SMILES string of the molecule is COc1ccc([C@H]2C[C@H](CCCC(=O)O)C(=O)O2)cc1. The molecular formula is C15H18O5. The summed E-state index contributed by atoms with van der Waals surface area (Å²) in [5.41, 5.74) is 0.944. The molecule has 1 saturated heterocycles. The van der Waals surface area contributed by atoms with Gasteiger partial charge in [-0.15, -0.1) is 0 Å². The summed E-state index contributed by atoms with van der Waals surface area (Å²) in [6.45, 7) is 0. The van der Waals surface area contributed by atoms with E-state index in [1.54, 1.807) is 7.11 Å². The lowest BCUT2D eigenvalue weighted by Crippen LogP contribution is -2.08. The molecule has 1 fully saturated rings. The number of rotatable bonds is 6. The number of esters is 1. The predicted molar refractivity (Wildman–Crippen MR) is 71.4 cm³/mol. The number of carboxylic acids is 1. The van der Waals surface area contributed by atoms with E-state index >= 15 is 0 Å². The minimum Gasteiger partial charge on any atom is -0.497 e. The van der Waals surface area contributed by atoms with Crippen LogP contribution in [-0.4, -0.2) is 24.2 Å². The number of cyclic esters (lactones) is 1. The van der Waals surface area contributed by atoms with Crippen LogP contribution in [0, 0.1) is 5.92 Å². The molecule has 5 nitrogen and oxygen atoms in total. The molecule has 1 aromatic carbocycles. The molecule has 0 spiro atoms. The maximum Gasteiger partial charge on any atom is 0.309 e. The molecule has 1 N–H and O–H groups in total. The topological polar surface area (TPSA) is 72.8 Å². The third kappa shape index (κ3) is 3.50. The van der Waals surface area contributed by atoms with Crippen molar-refractivity contribution in [3.63, 3.8) is 0 Å². The third-order valence-corrected chi connectivity index (χ3v) is 3.52. The number of aliphatic carboxylic acids is 1. The first kappa shape index (κ1) is 14.4. The van der Waals surface area contributed by atoms with Crippen molar-refractivity contribution in [3.05, 3.63) is 29.8 Å². The number of carbonyl (C=O) groups is 2. The summed E-state index contributed by atoms with van der Waals surface area (Å²) in [5, 5.41) is 8.60. The highest BCUT2D eigenvalue weighted by Gasteiger charge is 2.34. The summed E-state index contributed by atoms with van der Waals surface area (Å²) in [5.74, 6) is -0.489. The van der Waals surface area contributed by atoms with Gasteiger partial charge in [-0.2, -0.15) is 0 Å². The Morgan fingerprint density at radius 3 is 2.70 bits per heavy atom. The minimum absolute atomic E-state index is 0.0942. The third-order valence-electron chi connectivity index (χ3n) is 3.52. The lowest BCUT2D eigenvalue weighted by Gasteiger charge is -2.09. The van der Waals surface area contributed by atoms with E-state index < -0.39 is 5.97 Å². The largest absolute Gasteiger partial charge is 0.497 e. The van der Waals surface area contributed by atoms with E-state index in [-0.39, 0.29) is 24.4 Å². The number of carboxylic acid groups (broad SMARTS) is 1. The number of carbonyl (C=O) groups excluding carboxylic acids is 1. The average molecular weight is 278 g/mol. The fourth-order valence-electron chi connectivity index (χ4n) is 2.40. The molecule has 5 heteroatoms. The molecular weight excluding hydrogens is 260 g/mol. The van der Waals surface area contributed by atoms with Crippen LogP contribution in [0.1, 0.15) is 37.4 Å². The molecule has 0 aromatic heterocycles. The molecule has 2 atom stereocenters. The minimum atomic E-state index is -0.830. The second-order valence-corrected chi connectivity index (χ2v) is 4.92. The molecule has 0 aliphatic carbocycles. The van der Waals surface area contributed by atoms with Gasteiger partial charge < -0.3 is 14.6 Å². The van der Waals surface area contributed by atoms with Crippen molar-refractivity contribution in [2.24, 2.45) is 5.92 Å². The summed E-state index contributed by atoms with van der Waals surface area (Å²) in [4.78, 5) is 22.2. The Kier molecular flexibility index (Phi) is 4.61. The highest BCUT2D eigenvalue weighted by molar-refractivity contribution is 5.75. The smallest absolute Gasteiger partial charge is 0.309 e. The lowest BCUT2D eigenvalue weighted by molar-refractivity contribution is -0.145. The molecule has 1 heterocycles. The molecule has 1 aliphatic heterocycles. The van der Waals surface area contributed by atoms with Gasteiger partial charge in [0.25, 0.3) is 0 Å². The van der Waals surface area contributed by atoms with Crippen molar-refractivity contribution in [2.45, 2.75) is 31.8 Å². The summed E-state index contributed by atoms with van der Waals surface area (Å²) in [7, 11) is 1.60. The fourth-order valence-corrected chi connectivity index (χ4v) is 2.40. The number of hydrogen-bond acceptors (Lipinski definition) is 4. The lowest BCUT2D eigenvalue weighted by atomic mass is 9.95. The van der Waals surface area contributed by atoms with Gasteiger partial charge in [-0.3, -0.25) is 9.59 Å². The highest BCUT2D eigenvalue weighted by Crippen LogP contribution is 2.36. The Morgan fingerprint density at radius 1 is 1.40 bits per heavy atom. The molecule has 2 rings (SSSR count). The van der Waals surface area contributed by atoms with Crippen LogP contribution >= 0.6 is 0 Å². The summed E-state index contributed by atoms with van der Waals surface area (Å²) in [6, 6.07) is 7.44. The summed E-state index contributed by atoms with van der Waals surface area (Å²) >= 11 is 0. The van der Waals surface area contributed by atoms with Crippen molar-refractivity contribution in [2.75, 3.05) is 7.11 Å². The predicted octanol–water partition coefficient (Wildman–Crippen LogP) is 2.55. The van der Waals surface area contributed by atoms with Crippen LogP contribution in [0.5, 0.6) is 5.75 Å². The number of ether oxygens (including phenoxy) is 2. The highest BCUT2D eigenvalue weighted by atomic mass is 16.6. The zero-order valence-corrected chi connectivity index (χ0v) is 11.4. The van der Waals surface area contributed by atoms with Crippen LogP contribution in [0.2, 0.25) is 0 Å². The van der Waals surface area contributed by atoms with Gasteiger partial charge in [0.15, 0.2) is 0 Å². The van der Waals surface area contributed by atoms with E-state index in [4.69, 9.17) is 14.6 Å². The zero-order chi connectivity index (χ0) is 14.5. The van der Waals surface area contributed by atoms with Gasteiger partial charge in [-0.05, 0) is 30.5 Å². The number of hydrogen-bond donors (Lipinski definition) is 1. The Morgan fingerprint density at radius 2 is 2.10 bits per heavy atom. The molecule has 0 bridgehead atoms. The first-order valence-electron chi connectivity index (χ1n) is 6.66. The second kappa shape index (κ2) is 6.41. The Balaban J connectivity index is 1.91. The first-order chi connectivity index (χ1) is 9.60. The van der Waals surface area contributed by atoms with Gasteiger partial charge in [-0.1, -0.05) is 12.1 Å². The number of methoxy groups -OCH3 is 1. The van der Waals surface area contributed by atoms with Crippen molar-refractivity contribution in [1.29, 1.82) is 0 Å². The van der Waals surface area contributed by atoms with Crippen LogP contribution in [0.25, 0.3) is 0 Å². The van der Waals surface area contributed by atoms with E-state index in [1.165, 1.54) is 0 Å². The van der Waals surface area contributed by atoms with Crippen molar-refractivity contribution < 1.29 is 24.2 Å². The Bertz CT molecular complexity index is 480. The molecule has 0 unspecified atom stereocenters. The van der Waals surface area contributed by atoms with E-state index in [9.17, 15) is 9.59 Å². The zero-order valence-electron chi connectivity index (χ0n) is 11.4. The maximum absolute atomic E-state index is 11.8. The molecule has 0 amide bonds. The van der Waals surface area contributed by atoms with E-state index in [2.05, 4.69) is 0 Å². The Hall–Kier alpha value is -2.04. The molecule has 0 saturated carbocycles. The van der Waals surface area contributed by atoms with E-state index in [0.29, 0.717) is 19.3 Å². The molecule has 108 valence electrons. The molecule has 1 aromatic rings. The monoisotopic (exact) mass is 278 g/mol. The van der Waals surface area contributed by atoms with Gasteiger partial charge in [-0.25, -0.2) is 0 Å². The normalized spacial score (nSPS) is 21.6. The van der Waals surface area contributed by atoms with Gasteiger partial charge >= 0.3 is 11.9 Å². The van der Waals surface area contributed by atoms with Crippen molar-refractivity contribution in [1.82, 2.24) is 0 Å². The van der Waals surface area contributed by atoms with Crippen LogP contribution < -0.4 is 4.74 Å². The molecule has 1 aliphatic rings. The fraction of sp³-hybridized carbons (Fsp3) is 0.467. The van der Waals surface area contributed by atoms with Crippen LogP contribution in [0.15, 0.2) is 24.3 Å². The summed E-state index contributed by atoms with van der Waals surface area (Å²) in [6.07, 6.45) is 1.55. The quantitative estimate of drug-likeness (QED) is 0.809. The molecule has 0 radical (unpaired) electrons. The maximum atomic E-state index is 11.8. The molecule has 20 heavy (non-hydrogen) atoms.